The van der Waals surface area contributed by atoms with E-state index in [1.165, 1.54) is 0 Å². The molecule has 0 spiro atoms. The minimum absolute atomic E-state index is 0.00193. The SMILES string of the molecule is Cc1cn(-c2ccc(-c3cc(C)c(N[C@@H](C)c4ccccn4)nn3)nc2CO)cn1. The molecular formula is C22H23N7O. The van der Waals surface area contributed by atoms with Crippen molar-refractivity contribution in [2.75, 3.05) is 5.32 Å². The topological polar surface area (TPSA) is 102 Å². The highest BCUT2D eigenvalue weighted by Crippen LogP contribution is 2.24. The fourth-order valence-electron chi connectivity index (χ4n) is 3.21. The van der Waals surface area contributed by atoms with Gasteiger partial charge in [0.1, 0.15) is 5.69 Å². The number of nitrogens with one attached hydrogen (secondary N) is 1. The molecule has 0 fully saturated rings. The van der Waals surface area contributed by atoms with Gasteiger partial charge < -0.3 is 15.0 Å². The first-order valence-corrected chi connectivity index (χ1v) is 9.69. The third-order valence-electron chi connectivity index (χ3n) is 4.82. The van der Waals surface area contributed by atoms with E-state index in [-0.39, 0.29) is 12.6 Å². The Balaban J connectivity index is 1.59. The summed E-state index contributed by atoms with van der Waals surface area (Å²) in [4.78, 5) is 13.2. The van der Waals surface area contributed by atoms with Crippen molar-refractivity contribution in [1.29, 1.82) is 0 Å². The molecule has 0 saturated heterocycles. The Labute approximate surface area is 174 Å². The van der Waals surface area contributed by atoms with Gasteiger partial charge in [-0.3, -0.25) is 4.98 Å². The maximum absolute atomic E-state index is 9.82. The van der Waals surface area contributed by atoms with Crippen LogP contribution in [0.2, 0.25) is 0 Å². The number of hydrogen-bond acceptors (Lipinski definition) is 7. The van der Waals surface area contributed by atoms with Gasteiger partial charge in [0.25, 0.3) is 0 Å². The third-order valence-corrected chi connectivity index (χ3v) is 4.82. The van der Waals surface area contributed by atoms with Gasteiger partial charge in [0.2, 0.25) is 0 Å². The first kappa shape index (κ1) is 19.7. The predicted molar refractivity (Wildman–Crippen MR) is 114 cm³/mol. The lowest BCUT2D eigenvalue weighted by atomic mass is 10.1. The zero-order valence-corrected chi connectivity index (χ0v) is 17.1. The van der Waals surface area contributed by atoms with Crippen molar-refractivity contribution in [1.82, 2.24) is 29.7 Å². The lowest BCUT2D eigenvalue weighted by Crippen LogP contribution is -2.11. The zero-order chi connectivity index (χ0) is 21.1. The second kappa shape index (κ2) is 8.38. The van der Waals surface area contributed by atoms with Gasteiger partial charge in [-0.25, -0.2) is 9.97 Å². The fraction of sp³-hybridized carbons (Fsp3) is 0.227. The lowest BCUT2D eigenvalue weighted by Gasteiger charge is -2.15. The summed E-state index contributed by atoms with van der Waals surface area (Å²) in [6.45, 7) is 5.73. The molecule has 0 amide bonds. The Morgan fingerprint density at radius 3 is 2.60 bits per heavy atom. The summed E-state index contributed by atoms with van der Waals surface area (Å²) in [5.41, 5.74) is 5.41. The number of aliphatic hydroxyl groups is 1. The van der Waals surface area contributed by atoms with Crippen molar-refractivity contribution in [2.45, 2.75) is 33.4 Å². The van der Waals surface area contributed by atoms with Crippen LogP contribution in [0.15, 0.2) is 55.1 Å². The molecule has 0 aliphatic carbocycles. The van der Waals surface area contributed by atoms with Crippen molar-refractivity contribution in [3.8, 4) is 17.1 Å². The van der Waals surface area contributed by atoms with E-state index in [0.717, 1.165) is 22.6 Å². The molecule has 0 saturated carbocycles. The fourth-order valence-corrected chi connectivity index (χ4v) is 3.21. The largest absolute Gasteiger partial charge is 0.390 e. The van der Waals surface area contributed by atoms with Crippen LogP contribution < -0.4 is 5.32 Å². The van der Waals surface area contributed by atoms with Gasteiger partial charge in [0.15, 0.2) is 5.82 Å². The summed E-state index contributed by atoms with van der Waals surface area (Å²) < 4.78 is 1.85. The van der Waals surface area contributed by atoms with E-state index < -0.39 is 0 Å². The second-order valence-electron chi connectivity index (χ2n) is 7.12. The molecule has 0 aliphatic rings. The average molecular weight is 401 g/mol. The molecule has 8 nitrogen and oxygen atoms in total. The molecule has 0 aromatic carbocycles. The smallest absolute Gasteiger partial charge is 0.152 e. The van der Waals surface area contributed by atoms with Crippen LogP contribution in [0.3, 0.4) is 0 Å². The number of rotatable bonds is 6. The van der Waals surface area contributed by atoms with E-state index in [4.69, 9.17) is 0 Å². The number of aryl methyl sites for hydroxylation is 2. The van der Waals surface area contributed by atoms with Crippen molar-refractivity contribution in [2.24, 2.45) is 0 Å². The van der Waals surface area contributed by atoms with Gasteiger partial charge in [-0.05, 0) is 56.7 Å². The monoisotopic (exact) mass is 401 g/mol. The van der Waals surface area contributed by atoms with Gasteiger partial charge in [0, 0.05) is 12.4 Å². The molecule has 2 N–H and O–H groups in total. The molecule has 0 unspecified atom stereocenters. The molecular weight excluding hydrogens is 378 g/mol. The number of aliphatic hydroxyl groups excluding tert-OH is 1. The number of aromatic nitrogens is 6. The highest BCUT2D eigenvalue weighted by Gasteiger charge is 2.13. The second-order valence-corrected chi connectivity index (χ2v) is 7.12. The first-order valence-electron chi connectivity index (χ1n) is 9.69. The minimum Gasteiger partial charge on any atom is -0.390 e. The van der Waals surface area contributed by atoms with Crippen LogP contribution in [0.5, 0.6) is 0 Å². The van der Waals surface area contributed by atoms with Crippen LogP contribution in [0.25, 0.3) is 17.1 Å². The molecule has 30 heavy (non-hydrogen) atoms. The molecule has 4 aromatic heterocycles. The number of imidazole rings is 1. The minimum atomic E-state index is -0.186. The van der Waals surface area contributed by atoms with Crippen LogP contribution in [-0.2, 0) is 6.61 Å². The van der Waals surface area contributed by atoms with Crippen molar-refractivity contribution < 1.29 is 5.11 Å². The Morgan fingerprint density at radius 2 is 1.93 bits per heavy atom. The molecule has 4 rings (SSSR count). The quantitative estimate of drug-likeness (QED) is 0.510. The molecule has 0 bridgehead atoms. The van der Waals surface area contributed by atoms with Crippen LogP contribution in [0, 0.1) is 13.8 Å². The highest BCUT2D eigenvalue weighted by atomic mass is 16.3. The summed E-state index contributed by atoms with van der Waals surface area (Å²) in [5, 5.41) is 21.9. The Hall–Kier alpha value is -3.65. The maximum Gasteiger partial charge on any atom is 0.152 e. The normalized spacial score (nSPS) is 12.0. The molecule has 152 valence electrons. The lowest BCUT2D eigenvalue weighted by molar-refractivity contribution is 0.276. The molecule has 8 heteroatoms. The number of anilines is 1. The van der Waals surface area contributed by atoms with Gasteiger partial charge in [-0.15, -0.1) is 10.2 Å². The number of hydrogen-bond donors (Lipinski definition) is 2. The number of nitrogens with zero attached hydrogens (tertiary/aromatic N) is 6. The molecule has 4 heterocycles. The Bertz CT molecular complexity index is 1160. The average Bonchev–Trinajstić information content (AvgIpc) is 3.21. The Kier molecular flexibility index (Phi) is 5.49. The van der Waals surface area contributed by atoms with Gasteiger partial charge >= 0.3 is 0 Å². The van der Waals surface area contributed by atoms with Crippen LogP contribution in [-0.4, -0.2) is 34.8 Å². The van der Waals surface area contributed by atoms with Crippen LogP contribution in [0.1, 0.15) is 35.6 Å². The van der Waals surface area contributed by atoms with Crippen LogP contribution in [0.4, 0.5) is 5.82 Å². The summed E-state index contributed by atoms with van der Waals surface area (Å²) in [7, 11) is 0. The molecule has 0 radical (unpaired) electrons. The van der Waals surface area contributed by atoms with Crippen molar-refractivity contribution in [3.05, 3.63) is 77.8 Å². The van der Waals surface area contributed by atoms with E-state index in [1.807, 2.05) is 67.9 Å². The summed E-state index contributed by atoms with van der Waals surface area (Å²) in [5.74, 6) is 0.699. The van der Waals surface area contributed by atoms with E-state index in [0.29, 0.717) is 22.9 Å². The molecule has 1 atom stereocenters. The Morgan fingerprint density at radius 1 is 1.07 bits per heavy atom. The van der Waals surface area contributed by atoms with E-state index in [1.54, 1.807) is 12.5 Å². The molecule has 0 aliphatic heterocycles. The van der Waals surface area contributed by atoms with Crippen LogP contribution >= 0.6 is 0 Å². The maximum atomic E-state index is 9.82. The predicted octanol–water partition coefficient (Wildman–Crippen LogP) is 3.40. The summed E-state index contributed by atoms with van der Waals surface area (Å²) in [6.07, 6.45) is 5.37. The van der Waals surface area contributed by atoms with Crippen molar-refractivity contribution >= 4 is 5.82 Å². The highest BCUT2D eigenvalue weighted by molar-refractivity contribution is 5.60. The summed E-state index contributed by atoms with van der Waals surface area (Å²) >= 11 is 0. The number of pyridine rings is 2. The third kappa shape index (κ3) is 4.04. The molecule has 4 aromatic rings. The van der Waals surface area contributed by atoms with E-state index in [9.17, 15) is 5.11 Å². The van der Waals surface area contributed by atoms with Gasteiger partial charge in [0.05, 0.1) is 47.4 Å². The van der Waals surface area contributed by atoms with E-state index >= 15 is 0 Å². The standard InChI is InChI=1S/C22H23N7O/c1-14-10-19(27-28-22(14)25-16(3)17-6-4-5-9-23-17)18-7-8-21(20(12-30)26-18)29-11-15(2)24-13-29/h4-11,13,16,30H,12H2,1-3H3,(H,25,28)/t16-/m0/s1. The van der Waals surface area contributed by atoms with Gasteiger partial charge in [-0.1, -0.05) is 6.07 Å². The van der Waals surface area contributed by atoms with Crippen molar-refractivity contribution in [3.63, 3.8) is 0 Å². The van der Waals surface area contributed by atoms with E-state index in [2.05, 4.69) is 30.5 Å². The zero-order valence-electron chi connectivity index (χ0n) is 17.1. The first-order chi connectivity index (χ1) is 14.5. The van der Waals surface area contributed by atoms with Gasteiger partial charge in [-0.2, -0.15) is 0 Å². The summed E-state index contributed by atoms with van der Waals surface area (Å²) in [6, 6.07) is 11.5.